The summed E-state index contributed by atoms with van der Waals surface area (Å²) < 4.78 is 51.4. The van der Waals surface area contributed by atoms with Gasteiger partial charge in [-0.2, -0.15) is 13.2 Å². The number of carbonyl (C=O) groups is 2. The van der Waals surface area contributed by atoms with Crippen LogP contribution in [0, 0.1) is 0 Å². The zero-order valence-corrected chi connectivity index (χ0v) is 20.4. The van der Waals surface area contributed by atoms with Gasteiger partial charge in [0.15, 0.2) is 0 Å². The van der Waals surface area contributed by atoms with Gasteiger partial charge in [0.05, 0.1) is 5.56 Å². The number of ether oxygens (including phenoxy) is 2. The van der Waals surface area contributed by atoms with Crippen LogP contribution >= 0.6 is 0 Å². The Kier molecular flexibility index (Phi) is 6.49. The fourth-order valence-electron chi connectivity index (χ4n) is 5.08. The van der Waals surface area contributed by atoms with Gasteiger partial charge < -0.3 is 19.5 Å². The lowest BCUT2D eigenvalue weighted by Gasteiger charge is -2.45. The van der Waals surface area contributed by atoms with Crippen molar-refractivity contribution in [2.24, 2.45) is 0 Å². The van der Waals surface area contributed by atoms with Crippen molar-refractivity contribution in [1.29, 1.82) is 0 Å². The summed E-state index contributed by atoms with van der Waals surface area (Å²) in [6.45, 7) is 7.71. The third kappa shape index (κ3) is 5.52. The van der Waals surface area contributed by atoms with Crippen LogP contribution in [0.3, 0.4) is 0 Å². The number of alkyl halides is 3. The predicted octanol–water partition coefficient (Wildman–Crippen LogP) is 5.07. The van der Waals surface area contributed by atoms with Crippen LogP contribution in [-0.2, 0) is 22.3 Å². The lowest BCUT2D eigenvalue weighted by molar-refractivity contribution is -0.147. The van der Waals surface area contributed by atoms with E-state index in [1.807, 2.05) is 20.8 Å². The highest BCUT2D eigenvalue weighted by Gasteiger charge is 2.54. The van der Waals surface area contributed by atoms with E-state index in [4.69, 9.17) is 9.47 Å². The fraction of sp³-hybridized carbons (Fsp3) is 0.680. The number of benzene rings is 1. The van der Waals surface area contributed by atoms with Crippen molar-refractivity contribution < 1.29 is 37.3 Å². The molecule has 0 radical (unpaired) electrons. The maximum Gasteiger partial charge on any atom is 0.416 e. The summed E-state index contributed by atoms with van der Waals surface area (Å²) in [4.78, 5) is 28.1. The van der Waals surface area contributed by atoms with E-state index in [1.165, 1.54) is 6.07 Å². The van der Waals surface area contributed by atoms with Gasteiger partial charge in [-0.15, -0.1) is 0 Å². The summed E-state index contributed by atoms with van der Waals surface area (Å²) in [5.74, 6) is -1.18. The molecule has 0 bridgehead atoms. The molecule has 2 aliphatic heterocycles. The molecule has 2 saturated heterocycles. The first-order valence-electron chi connectivity index (χ1n) is 12.1. The highest BCUT2D eigenvalue weighted by atomic mass is 19.4. The number of carboxylic acid groups (broad SMARTS) is 1. The van der Waals surface area contributed by atoms with Crippen LogP contribution < -0.4 is 4.74 Å². The minimum Gasteiger partial charge on any atom is -0.478 e. The number of amides is 1. The van der Waals surface area contributed by atoms with E-state index in [-0.39, 0.29) is 30.2 Å². The van der Waals surface area contributed by atoms with Gasteiger partial charge in [-0.25, -0.2) is 9.59 Å². The van der Waals surface area contributed by atoms with Gasteiger partial charge in [-0.05, 0) is 65.1 Å². The molecule has 3 fully saturated rings. The predicted molar refractivity (Wildman–Crippen MR) is 121 cm³/mol. The Morgan fingerprint density at radius 3 is 2.23 bits per heavy atom. The Bertz CT molecular complexity index is 976. The second-order valence-corrected chi connectivity index (χ2v) is 10.9. The van der Waals surface area contributed by atoms with Crippen LogP contribution in [0.25, 0.3) is 0 Å². The number of rotatable bonds is 5. The molecular formula is C25H33F3N2O5. The SMILES string of the molecule is CC(C)(C)OC(=O)N1CCC2(CCCN2Cc2ccc(C(F)(F)F)cc2OC2(C(=O)O)CC2)CC1. The third-order valence-electron chi connectivity index (χ3n) is 7.24. The third-order valence-corrected chi connectivity index (χ3v) is 7.24. The maximum atomic E-state index is 13.4. The van der Waals surface area contributed by atoms with E-state index in [0.29, 0.717) is 25.2 Å². The van der Waals surface area contributed by atoms with Gasteiger partial charge in [0.25, 0.3) is 0 Å². The summed E-state index contributed by atoms with van der Waals surface area (Å²) in [6, 6.07) is 3.35. The number of aliphatic carboxylic acids is 1. The van der Waals surface area contributed by atoms with Crippen LogP contribution in [-0.4, -0.2) is 63.3 Å². The number of hydrogen-bond donors (Lipinski definition) is 1. The maximum absolute atomic E-state index is 13.4. The number of nitrogens with zero attached hydrogens (tertiary/aromatic N) is 2. The molecule has 1 amide bonds. The molecule has 1 aromatic rings. The topological polar surface area (TPSA) is 79.3 Å². The van der Waals surface area contributed by atoms with Crippen molar-refractivity contribution in [1.82, 2.24) is 9.80 Å². The molecule has 4 rings (SSSR count). The minimum atomic E-state index is -4.56. The second-order valence-electron chi connectivity index (χ2n) is 10.9. The normalized spacial score (nSPS) is 21.7. The number of halogens is 3. The first-order valence-corrected chi connectivity index (χ1v) is 12.1. The molecule has 1 aliphatic carbocycles. The van der Waals surface area contributed by atoms with E-state index in [0.717, 1.165) is 44.4 Å². The zero-order valence-electron chi connectivity index (χ0n) is 20.4. The van der Waals surface area contributed by atoms with Gasteiger partial charge in [-0.3, -0.25) is 4.90 Å². The van der Waals surface area contributed by atoms with Gasteiger partial charge in [0.1, 0.15) is 11.4 Å². The molecule has 194 valence electrons. The lowest BCUT2D eigenvalue weighted by Crippen LogP contribution is -2.53. The first-order chi connectivity index (χ1) is 16.2. The Morgan fingerprint density at radius 2 is 1.69 bits per heavy atom. The molecule has 35 heavy (non-hydrogen) atoms. The molecule has 7 nitrogen and oxygen atoms in total. The lowest BCUT2D eigenvalue weighted by atomic mass is 9.84. The molecule has 0 aromatic heterocycles. The average molecular weight is 499 g/mol. The summed E-state index contributed by atoms with van der Waals surface area (Å²) >= 11 is 0. The molecule has 1 saturated carbocycles. The van der Waals surface area contributed by atoms with E-state index < -0.39 is 28.9 Å². The van der Waals surface area contributed by atoms with Crippen molar-refractivity contribution in [3.63, 3.8) is 0 Å². The van der Waals surface area contributed by atoms with Crippen LogP contribution in [0.2, 0.25) is 0 Å². The van der Waals surface area contributed by atoms with Crippen LogP contribution in [0.5, 0.6) is 5.75 Å². The molecule has 1 spiro atoms. The molecule has 2 heterocycles. The standard InChI is InChI=1S/C25H33F3N2O5/c1-22(2,3)35-21(33)29-13-10-23(11-14-29)7-4-12-30(23)16-17-5-6-18(25(26,27)28)15-19(17)34-24(8-9-24)20(31)32/h5-6,15H,4,7-14,16H2,1-3H3,(H,31,32). The number of piperidine rings is 1. The quantitative estimate of drug-likeness (QED) is 0.611. The molecule has 10 heteroatoms. The molecular weight excluding hydrogens is 465 g/mol. The van der Waals surface area contributed by atoms with E-state index >= 15 is 0 Å². The van der Waals surface area contributed by atoms with Crippen LogP contribution in [0.1, 0.15) is 70.4 Å². The number of carbonyl (C=O) groups excluding carboxylic acids is 1. The fourth-order valence-corrected chi connectivity index (χ4v) is 5.08. The largest absolute Gasteiger partial charge is 0.478 e. The van der Waals surface area contributed by atoms with E-state index in [9.17, 15) is 27.9 Å². The van der Waals surface area contributed by atoms with E-state index in [1.54, 1.807) is 4.90 Å². The first kappa shape index (κ1) is 25.6. The Hall–Kier alpha value is -2.49. The Morgan fingerprint density at radius 1 is 1.03 bits per heavy atom. The number of hydrogen-bond acceptors (Lipinski definition) is 5. The second kappa shape index (κ2) is 8.87. The highest BCUT2D eigenvalue weighted by molar-refractivity contribution is 5.81. The zero-order chi connectivity index (χ0) is 25.6. The Labute approximate surface area is 203 Å². The monoisotopic (exact) mass is 498 g/mol. The van der Waals surface area contributed by atoms with Gasteiger partial charge in [-0.1, -0.05) is 6.07 Å². The van der Waals surface area contributed by atoms with Crippen molar-refractivity contribution in [2.75, 3.05) is 19.6 Å². The van der Waals surface area contributed by atoms with E-state index in [2.05, 4.69) is 4.90 Å². The average Bonchev–Trinajstić information content (AvgIpc) is 3.44. The molecule has 3 aliphatic rings. The smallest absolute Gasteiger partial charge is 0.416 e. The number of likely N-dealkylation sites (tertiary alicyclic amines) is 2. The minimum absolute atomic E-state index is 0.0204. The van der Waals surface area contributed by atoms with Crippen molar-refractivity contribution in [2.45, 2.75) is 88.8 Å². The Balaban J connectivity index is 1.51. The van der Waals surface area contributed by atoms with Crippen molar-refractivity contribution >= 4 is 12.1 Å². The molecule has 1 N–H and O–H groups in total. The van der Waals surface area contributed by atoms with Crippen molar-refractivity contribution in [3.8, 4) is 5.75 Å². The summed E-state index contributed by atoms with van der Waals surface area (Å²) in [6.07, 6.45) is -0.991. The molecule has 0 atom stereocenters. The van der Waals surface area contributed by atoms with Gasteiger partial charge in [0.2, 0.25) is 5.60 Å². The molecule has 1 aromatic carbocycles. The summed E-state index contributed by atoms with van der Waals surface area (Å²) in [5, 5.41) is 9.51. The van der Waals surface area contributed by atoms with Crippen molar-refractivity contribution in [3.05, 3.63) is 29.3 Å². The van der Waals surface area contributed by atoms with Gasteiger partial charge in [0, 0.05) is 43.6 Å². The summed E-state index contributed by atoms with van der Waals surface area (Å²) in [5.41, 5.74) is -2.50. The molecule has 0 unspecified atom stereocenters. The highest BCUT2D eigenvalue weighted by Crippen LogP contribution is 2.45. The van der Waals surface area contributed by atoms with Gasteiger partial charge >= 0.3 is 18.2 Å². The summed E-state index contributed by atoms with van der Waals surface area (Å²) in [7, 11) is 0. The van der Waals surface area contributed by atoms with Crippen LogP contribution in [0.4, 0.5) is 18.0 Å². The number of carboxylic acids is 1. The van der Waals surface area contributed by atoms with Crippen LogP contribution in [0.15, 0.2) is 18.2 Å².